The summed E-state index contributed by atoms with van der Waals surface area (Å²) in [6, 6.07) is -0.439. The van der Waals surface area contributed by atoms with Gasteiger partial charge in [0.15, 0.2) is 11.0 Å². The molecule has 2 rings (SSSR count). The highest BCUT2D eigenvalue weighted by molar-refractivity contribution is 6.29. The van der Waals surface area contributed by atoms with Crippen LogP contribution in [-0.2, 0) is 9.53 Å². The van der Waals surface area contributed by atoms with Gasteiger partial charge in [0.1, 0.15) is 13.0 Å². The van der Waals surface area contributed by atoms with E-state index in [0.717, 1.165) is 0 Å². The molecule has 1 fully saturated rings. The summed E-state index contributed by atoms with van der Waals surface area (Å²) in [7, 11) is 0. The number of anilines is 1. The van der Waals surface area contributed by atoms with Gasteiger partial charge in [0.2, 0.25) is 5.82 Å². The molecule has 0 aliphatic carbocycles. The van der Waals surface area contributed by atoms with Crippen LogP contribution < -0.4 is 4.90 Å². The molecule has 1 aromatic rings. The Labute approximate surface area is 138 Å². The summed E-state index contributed by atoms with van der Waals surface area (Å²) in [5, 5.41) is -0.253. The predicted octanol–water partition coefficient (Wildman–Crippen LogP) is 1.68. The maximum absolute atomic E-state index is 14.0. The van der Waals surface area contributed by atoms with Crippen molar-refractivity contribution >= 4 is 23.4 Å². The van der Waals surface area contributed by atoms with Gasteiger partial charge in [-0.25, -0.2) is 14.4 Å². The van der Waals surface area contributed by atoms with Crippen LogP contribution in [0.2, 0.25) is 5.15 Å². The molecular weight excluding hydrogens is 330 g/mol. The lowest BCUT2D eigenvalue weighted by molar-refractivity contribution is -0.143. The molecular formula is C14H19ClF2N4O2. The Bertz CT molecular complexity index is 550. The standard InChI is InChI=1S/C14H19ClF2N4O2/c1-2-23-11(22)3-4-20-5-6-21(8-10(20)7-16)14-12(17)13(15)18-9-19-14/h9-10H,2-8H2,1H3. The SMILES string of the molecule is CCOC(=O)CCN1CCN(c2ncnc(Cl)c2F)CC1CF. The summed E-state index contributed by atoms with van der Waals surface area (Å²) < 4.78 is 32.2. The number of rotatable bonds is 6. The third-order valence-corrected chi connectivity index (χ3v) is 3.98. The van der Waals surface area contributed by atoms with Crippen molar-refractivity contribution in [1.82, 2.24) is 14.9 Å². The van der Waals surface area contributed by atoms with E-state index in [-0.39, 0.29) is 29.9 Å². The molecule has 1 saturated heterocycles. The van der Waals surface area contributed by atoms with Gasteiger partial charge < -0.3 is 9.64 Å². The second-order valence-electron chi connectivity index (χ2n) is 5.15. The van der Waals surface area contributed by atoms with Crippen molar-refractivity contribution in [3.63, 3.8) is 0 Å². The van der Waals surface area contributed by atoms with Crippen LogP contribution in [0.5, 0.6) is 0 Å². The summed E-state index contributed by atoms with van der Waals surface area (Å²) in [6.45, 7) is 3.10. The fraction of sp³-hybridized carbons (Fsp3) is 0.643. The van der Waals surface area contributed by atoms with Crippen LogP contribution >= 0.6 is 11.6 Å². The smallest absolute Gasteiger partial charge is 0.307 e. The number of ether oxygens (including phenoxy) is 1. The van der Waals surface area contributed by atoms with Crippen LogP contribution in [0.3, 0.4) is 0 Å². The van der Waals surface area contributed by atoms with Gasteiger partial charge >= 0.3 is 5.97 Å². The number of hydrogen-bond acceptors (Lipinski definition) is 6. The number of carbonyl (C=O) groups is 1. The molecule has 0 N–H and O–H groups in total. The van der Waals surface area contributed by atoms with Crippen LogP contribution in [0, 0.1) is 5.82 Å². The Hall–Kier alpha value is -1.54. The lowest BCUT2D eigenvalue weighted by Crippen LogP contribution is -2.55. The first kappa shape index (κ1) is 17.8. The molecule has 0 aromatic carbocycles. The number of aromatic nitrogens is 2. The van der Waals surface area contributed by atoms with Gasteiger partial charge in [-0.05, 0) is 6.92 Å². The Balaban J connectivity index is 1.98. The summed E-state index contributed by atoms with van der Waals surface area (Å²) in [5.74, 6) is -0.929. The van der Waals surface area contributed by atoms with Gasteiger partial charge in [-0.3, -0.25) is 9.69 Å². The Morgan fingerprint density at radius 3 is 2.96 bits per heavy atom. The highest BCUT2D eigenvalue weighted by Gasteiger charge is 2.29. The third kappa shape index (κ3) is 4.48. The average molecular weight is 349 g/mol. The maximum Gasteiger partial charge on any atom is 0.307 e. The van der Waals surface area contributed by atoms with Crippen molar-refractivity contribution in [2.24, 2.45) is 0 Å². The van der Waals surface area contributed by atoms with Crippen LogP contribution in [-0.4, -0.2) is 66.3 Å². The minimum absolute atomic E-state index is 0.0773. The molecule has 0 amide bonds. The number of halogens is 3. The third-order valence-electron chi connectivity index (χ3n) is 3.72. The Kier molecular flexibility index (Phi) is 6.47. The van der Waals surface area contributed by atoms with Gasteiger partial charge in [0, 0.05) is 26.2 Å². The molecule has 6 nitrogen and oxygen atoms in total. The van der Waals surface area contributed by atoms with Crippen LogP contribution in [0.15, 0.2) is 6.33 Å². The summed E-state index contributed by atoms with van der Waals surface area (Å²) in [4.78, 5) is 22.4. The number of piperazine rings is 1. The van der Waals surface area contributed by atoms with Gasteiger partial charge in [-0.15, -0.1) is 0 Å². The van der Waals surface area contributed by atoms with Crippen LogP contribution in [0.1, 0.15) is 13.3 Å². The zero-order valence-electron chi connectivity index (χ0n) is 12.8. The first-order valence-electron chi connectivity index (χ1n) is 7.43. The van der Waals surface area contributed by atoms with Gasteiger partial charge in [0.05, 0.1) is 19.1 Å². The van der Waals surface area contributed by atoms with Gasteiger partial charge in [0.25, 0.3) is 0 Å². The average Bonchev–Trinajstić information content (AvgIpc) is 2.55. The first-order valence-corrected chi connectivity index (χ1v) is 7.81. The van der Waals surface area contributed by atoms with E-state index >= 15 is 0 Å². The summed E-state index contributed by atoms with van der Waals surface area (Å²) in [6.07, 6.45) is 1.39. The van der Waals surface area contributed by atoms with Crippen molar-refractivity contribution in [2.45, 2.75) is 19.4 Å². The predicted molar refractivity (Wildman–Crippen MR) is 81.8 cm³/mol. The normalized spacial score (nSPS) is 19.0. The largest absolute Gasteiger partial charge is 0.466 e. The van der Waals surface area contributed by atoms with Crippen molar-refractivity contribution in [3.8, 4) is 0 Å². The molecule has 128 valence electrons. The van der Waals surface area contributed by atoms with Crippen molar-refractivity contribution in [1.29, 1.82) is 0 Å². The number of hydrogen-bond donors (Lipinski definition) is 0. The number of nitrogens with zero attached hydrogens (tertiary/aromatic N) is 4. The van der Waals surface area contributed by atoms with E-state index in [9.17, 15) is 13.6 Å². The molecule has 0 saturated carbocycles. The molecule has 9 heteroatoms. The van der Waals surface area contributed by atoms with Crippen molar-refractivity contribution in [2.75, 3.05) is 44.4 Å². The fourth-order valence-electron chi connectivity index (χ4n) is 2.55. The molecule has 0 bridgehead atoms. The maximum atomic E-state index is 14.0. The van der Waals surface area contributed by atoms with Crippen molar-refractivity contribution in [3.05, 3.63) is 17.3 Å². The molecule has 1 aliphatic rings. The molecule has 1 aliphatic heterocycles. The van der Waals surface area contributed by atoms with E-state index in [1.54, 1.807) is 11.8 Å². The van der Waals surface area contributed by atoms with E-state index in [4.69, 9.17) is 16.3 Å². The summed E-state index contributed by atoms with van der Waals surface area (Å²) >= 11 is 5.66. The minimum Gasteiger partial charge on any atom is -0.466 e. The van der Waals surface area contributed by atoms with Crippen LogP contribution in [0.25, 0.3) is 0 Å². The summed E-state index contributed by atoms with van der Waals surface area (Å²) in [5.41, 5.74) is 0. The monoisotopic (exact) mass is 348 g/mol. The second kappa shape index (κ2) is 8.35. The van der Waals surface area contributed by atoms with E-state index in [2.05, 4.69) is 9.97 Å². The first-order chi connectivity index (χ1) is 11.1. The molecule has 1 aromatic heterocycles. The molecule has 0 spiro atoms. The van der Waals surface area contributed by atoms with Gasteiger partial charge in [-0.1, -0.05) is 11.6 Å². The lowest BCUT2D eigenvalue weighted by atomic mass is 10.1. The zero-order chi connectivity index (χ0) is 16.8. The van der Waals surface area contributed by atoms with E-state index in [1.165, 1.54) is 6.33 Å². The van der Waals surface area contributed by atoms with Crippen LogP contribution in [0.4, 0.5) is 14.6 Å². The molecule has 1 unspecified atom stereocenters. The number of esters is 1. The highest BCUT2D eigenvalue weighted by atomic mass is 35.5. The van der Waals surface area contributed by atoms with Gasteiger partial charge in [-0.2, -0.15) is 4.39 Å². The fourth-order valence-corrected chi connectivity index (χ4v) is 2.68. The molecule has 1 atom stereocenters. The Morgan fingerprint density at radius 1 is 1.48 bits per heavy atom. The highest BCUT2D eigenvalue weighted by Crippen LogP contribution is 2.24. The minimum atomic E-state index is -0.702. The molecule has 2 heterocycles. The topological polar surface area (TPSA) is 58.6 Å². The second-order valence-corrected chi connectivity index (χ2v) is 5.51. The molecule has 23 heavy (non-hydrogen) atoms. The molecule has 0 radical (unpaired) electrons. The Morgan fingerprint density at radius 2 is 2.26 bits per heavy atom. The quantitative estimate of drug-likeness (QED) is 0.576. The lowest BCUT2D eigenvalue weighted by Gasteiger charge is -2.40. The number of carbonyl (C=O) groups excluding carboxylic acids is 1. The van der Waals surface area contributed by atoms with Crippen molar-refractivity contribution < 1.29 is 18.3 Å². The van der Waals surface area contributed by atoms with E-state index < -0.39 is 18.5 Å². The zero-order valence-corrected chi connectivity index (χ0v) is 13.6. The van der Waals surface area contributed by atoms with E-state index in [1.807, 2.05) is 4.90 Å². The number of alkyl halides is 1. The van der Waals surface area contributed by atoms with E-state index in [0.29, 0.717) is 26.2 Å².